The zero-order valence-corrected chi connectivity index (χ0v) is 19.0. The maximum atomic E-state index is 13.0. The fourth-order valence-corrected chi connectivity index (χ4v) is 4.76. The average Bonchev–Trinajstić information content (AvgIpc) is 3.43. The van der Waals surface area contributed by atoms with Gasteiger partial charge in [0.2, 0.25) is 5.91 Å². The number of fused-ring (bicyclic) bond motifs is 1. The van der Waals surface area contributed by atoms with E-state index in [2.05, 4.69) is 35.8 Å². The van der Waals surface area contributed by atoms with Crippen LogP contribution < -0.4 is 9.64 Å². The first-order valence-electron chi connectivity index (χ1n) is 11.8. The Hall–Kier alpha value is -3.60. The van der Waals surface area contributed by atoms with Gasteiger partial charge in [0.15, 0.2) is 0 Å². The number of aromatic nitrogens is 2. The van der Waals surface area contributed by atoms with Gasteiger partial charge in [-0.3, -0.25) is 4.79 Å². The summed E-state index contributed by atoms with van der Waals surface area (Å²) in [6, 6.07) is 26.4. The number of nitrogens with zero attached hydrogens (tertiary/aromatic N) is 3. The molecule has 0 aliphatic carbocycles. The zero-order valence-electron chi connectivity index (χ0n) is 19.0. The van der Waals surface area contributed by atoms with Crippen LogP contribution in [0.2, 0.25) is 0 Å². The molecule has 1 aliphatic rings. The molecular formula is C28H29N3O2. The van der Waals surface area contributed by atoms with Crippen LogP contribution in [-0.4, -0.2) is 28.6 Å². The molecule has 3 aromatic carbocycles. The highest BCUT2D eigenvalue weighted by molar-refractivity contribution is 5.97. The molecule has 0 unspecified atom stereocenters. The van der Waals surface area contributed by atoms with Gasteiger partial charge in [-0.1, -0.05) is 55.5 Å². The van der Waals surface area contributed by atoms with E-state index in [1.807, 2.05) is 59.5 Å². The Kier molecular flexibility index (Phi) is 6.11. The molecule has 1 amide bonds. The second-order valence-electron chi connectivity index (χ2n) is 8.51. The van der Waals surface area contributed by atoms with Crippen molar-refractivity contribution in [3.63, 3.8) is 0 Å². The van der Waals surface area contributed by atoms with E-state index in [1.165, 1.54) is 5.56 Å². The molecule has 2 heterocycles. The van der Waals surface area contributed by atoms with Crippen LogP contribution in [0, 0.1) is 0 Å². The lowest BCUT2D eigenvalue weighted by molar-refractivity contribution is -0.117. The van der Waals surface area contributed by atoms with Crippen molar-refractivity contribution in [2.45, 2.75) is 38.6 Å². The molecule has 0 radical (unpaired) electrons. The van der Waals surface area contributed by atoms with Crippen LogP contribution in [0.15, 0.2) is 78.9 Å². The molecule has 0 spiro atoms. The third-order valence-electron chi connectivity index (χ3n) is 6.38. The summed E-state index contributed by atoms with van der Waals surface area (Å²) >= 11 is 0. The van der Waals surface area contributed by atoms with Crippen molar-refractivity contribution in [2.75, 3.05) is 18.1 Å². The van der Waals surface area contributed by atoms with E-state index in [0.29, 0.717) is 19.6 Å². The summed E-state index contributed by atoms with van der Waals surface area (Å²) in [7, 11) is 0. The van der Waals surface area contributed by atoms with Gasteiger partial charge in [0.1, 0.15) is 11.6 Å². The van der Waals surface area contributed by atoms with Gasteiger partial charge < -0.3 is 14.2 Å². The summed E-state index contributed by atoms with van der Waals surface area (Å²) in [6.07, 6.45) is 2.26. The molecule has 0 saturated carbocycles. The highest BCUT2D eigenvalue weighted by Gasteiger charge is 2.35. The summed E-state index contributed by atoms with van der Waals surface area (Å²) in [5, 5.41) is 0. The highest BCUT2D eigenvalue weighted by atomic mass is 16.5. The van der Waals surface area contributed by atoms with Gasteiger partial charge in [-0.2, -0.15) is 0 Å². The maximum Gasteiger partial charge on any atom is 0.227 e. The highest BCUT2D eigenvalue weighted by Crippen LogP contribution is 2.34. The predicted molar refractivity (Wildman–Crippen MR) is 132 cm³/mol. The first-order chi connectivity index (χ1) is 16.2. The van der Waals surface area contributed by atoms with Crippen LogP contribution in [0.1, 0.15) is 37.1 Å². The molecule has 168 valence electrons. The van der Waals surface area contributed by atoms with Crippen molar-refractivity contribution in [1.82, 2.24) is 9.55 Å². The Morgan fingerprint density at radius 1 is 0.970 bits per heavy atom. The van der Waals surface area contributed by atoms with E-state index in [4.69, 9.17) is 9.72 Å². The smallest absolute Gasteiger partial charge is 0.227 e. The summed E-state index contributed by atoms with van der Waals surface area (Å²) < 4.78 is 8.19. The number of ether oxygens (including phenoxy) is 1. The van der Waals surface area contributed by atoms with Crippen LogP contribution in [0.4, 0.5) is 5.69 Å². The van der Waals surface area contributed by atoms with E-state index in [0.717, 1.165) is 47.7 Å². The molecule has 1 aliphatic heterocycles. The van der Waals surface area contributed by atoms with Crippen molar-refractivity contribution >= 4 is 22.6 Å². The molecule has 1 aromatic heterocycles. The van der Waals surface area contributed by atoms with E-state index < -0.39 is 0 Å². The Labute approximate surface area is 194 Å². The molecule has 4 aromatic rings. The first-order valence-corrected chi connectivity index (χ1v) is 11.8. The molecule has 33 heavy (non-hydrogen) atoms. The van der Waals surface area contributed by atoms with Crippen LogP contribution >= 0.6 is 0 Å². The fourth-order valence-electron chi connectivity index (χ4n) is 4.76. The number of anilines is 1. The van der Waals surface area contributed by atoms with Crippen molar-refractivity contribution in [3.05, 3.63) is 90.3 Å². The summed E-state index contributed by atoms with van der Waals surface area (Å²) in [4.78, 5) is 20.0. The van der Waals surface area contributed by atoms with Crippen molar-refractivity contribution in [1.29, 1.82) is 0 Å². The monoisotopic (exact) mass is 439 g/mol. The van der Waals surface area contributed by atoms with E-state index in [1.54, 1.807) is 0 Å². The van der Waals surface area contributed by atoms with Crippen LogP contribution in [0.25, 0.3) is 11.0 Å². The van der Waals surface area contributed by atoms with E-state index >= 15 is 0 Å². The minimum absolute atomic E-state index is 0.0739. The Bertz CT molecular complexity index is 1250. The summed E-state index contributed by atoms with van der Waals surface area (Å²) in [5.74, 6) is 2.14. The number of amides is 1. The van der Waals surface area contributed by atoms with Crippen molar-refractivity contribution < 1.29 is 9.53 Å². The first kappa shape index (κ1) is 21.3. The van der Waals surface area contributed by atoms with Gasteiger partial charge >= 0.3 is 0 Å². The van der Waals surface area contributed by atoms with Crippen LogP contribution in [-0.2, 0) is 17.8 Å². The number of benzene rings is 3. The molecule has 5 heteroatoms. The van der Waals surface area contributed by atoms with E-state index in [-0.39, 0.29) is 11.8 Å². The van der Waals surface area contributed by atoms with Gasteiger partial charge in [0.05, 0.1) is 17.6 Å². The largest absolute Gasteiger partial charge is 0.494 e. The molecule has 1 saturated heterocycles. The van der Waals surface area contributed by atoms with Gasteiger partial charge in [-0.25, -0.2) is 4.98 Å². The normalized spacial score (nSPS) is 16.0. The molecule has 5 nitrogen and oxygen atoms in total. The van der Waals surface area contributed by atoms with Crippen LogP contribution in [0.5, 0.6) is 5.75 Å². The minimum atomic E-state index is 0.0739. The lowest BCUT2D eigenvalue weighted by atomic mass is 10.1. The third kappa shape index (κ3) is 4.36. The molecule has 0 N–H and O–H groups in total. The Balaban J connectivity index is 1.37. The lowest BCUT2D eigenvalue weighted by Gasteiger charge is -2.20. The van der Waals surface area contributed by atoms with Gasteiger partial charge in [-0.05, 0) is 48.7 Å². The second-order valence-corrected chi connectivity index (χ2v) is 8.51. The van der Waals surface area contributed by atoms with Crippen molar-refractivity contribution in [2.24, 2.45) is 0 Å². The molecule has 5 rings (SSSR count). The Morgan fingerprint density at radius 3 is 2.58 bits per heavy atom. The lowest BCUT2D eigenvalue weighted by Crippen LogP contribution is -2.25. The topological polar surface area (TPSA) is 47.4 Å². The predicted octanol–water partition coefficient (Wildman–Crippen LogP) is 5.59. The van der Waals surface area contributed by atoms with Gasteiger partial charge in [0, 0.05) is 31.1 Å². The number of rotatable bonds is 8. The number of imidazole rings is 1. The number of aryl methyl sites for hydroxylation is 2. The minimum Gasteiger partial charge on any atom is -0.494 e. The zero-order chi connectivity index (χ0) is 22.6. The molecular weight excluding hydrogens is 410 g/mol. The maximum absolute atomic E-state index is 13.0. The van der Waals surface area contributed by atoms with Gasteiger partial charge in [-0.15, -0.1) is 0 Å². The molecule has 0 bridgehead atoms. The van der Waals surface area contributed by atoms with Crippen LogP contribution in [0.3, 0.4) is 0 Å². The standard InChI is InChI=1S/C28H29N3O2/c1-2-21-11-6-8-15-25(21)31-20-22(19-27(31)32)28-29-24-14-7-9-16-26(24)30(28)17-10-18-33-23-12-4-3-5-13-23/h3-9,11-16,22H,2,10,17-20H2,1H3/t22-/m0/s1. The number of para-hydroxylation sites is 4. The Morgan fingerprint density at radius 2 is 1.73 bits per heavy atom. The summed E-state index contributed by atoms with van der Waals surface area (Å²) in [6.45, 7) is 4.24. The SMILES string of the molecule is CCc1ccccc1N1C[C@@H](c2nc3ccccc3n2CCCOc2ccccc2)CC1=O. The number of carbonyl (C=O) groups is 1. The fraction of sp³-hybridized carbons (Fsp3) is 0.286. The third-order valence-corrected chi connectivity index (χ3v) is 6.38. The number of carbonyl (C=O) groups excluding carboxylic acids is 1. The summed E-state index contributed by atoms with van der Waals surface area (Å²) in [5.41, 5.74) is 4.34. The number of hydrogen-bond donors (Lipinski definition) is 0. The number of hydrogen-bond acceptors (Lipinski definition) is 3. The van der Waals surface area contributed by atoms with Gasteiger partial charge in [0.25, 0.3) is 0 Å². The van der Waals surface area contributed by atoms with Crippen molar-refractivity contribution in [3.8, 4) is 5.75 Å². The average molecular weight is 440 g/mol. The van der Waals surface area contributed by atoms with E-state index in [9.17, 15) is 4.79 Å². The second kappa shape index (κ2) is 9.49. The molecule has 1 fully saturated rings. The quantitative estimate of drug-likeness (QED) is 0.336. The molecule has 1 atom stereocenters.